The average molecular weight is 253 g/mol. The Morgan fingerprint density at radius 1 is 1.40 bits per heavy atom. The van der Waals surface area contributed by atoms with Crippen molar-refractivity contribution in [3.05, 3.63) is 30.1 Å². The van der Waals surface area contributed by atoms with Crippen LogP contribution in [-0.2, 0) is 11.2 Å². The molecule has 1 rings (SSSR count). The van der Waals surface area contributed by atoms with Gasteiger partial charge in [0, 0.05) is 18.4 Å². The Kier molecular flexibility index (Phi) is 9.36. The highest BCUT2D eigenvalue weighted by Gasteiger charge is 2.08. The normalized spacial score (nSPS) is 10.7. The third-order valence-corrected chi connectivity index (χ3v) is 1.68. The third-order valence-electron chi connectivity index (χ3n) is 1.68. The molecule has 0 aliphatic carbocycles. The second-order valence-electron chi connectivity index (χ2n) is 2.92. The van der Waals surface area contributed by atoms with Crippen LogP contribution in [0.4, 0.5) is 0 Å². The van der Waals surface area contributed by atoms with Gasteiger partial charge in [-0.05, 0) is 24.1 Å². The van der Waals surface area contributed by atoms with E-state index < -0.39 is 5.97 Å². The summed E-state index contributed by atoms with van der Waals surface area (Å²) in [5.74, 6) is -0.860. The highest BCUT2D eigenvalue weighted by Crippen LogP contribution is 2.02. The van der Waals surface area contributed by atoms with E-state index in [1.54, 1.807) is 12.4 Å². The monoisotopic (exact) mass is 252 g/mol. The molecule has 1 heterocycles. The molecule has 0 radical (unpaired) electrons. The molecular formula is C9H14Cl2N2O2. The summed E-state index contributed by atoms with van der Waals surface area (Å²) >= 11 is 0. The van der Waals surface area contributed by atoms with Crippen LogP contribution in [-0.4, -0.2) is 22.1 Å². The number of carboxylic acid groups (broad SMARTS) is 1. The number of aliphatic carboxylic acids is 1. The Labute approximate surface area is 101 Å². The number of rotatable bonds is 4. The van der Waals surface area contributed by atoms with Crippen LogP contribution < -0.4 is 5.73 Å². The largest absolute Gasteiger partial charge is 0.481 e. The van der Waals surface area contributed by atoms with Crippen molar-refractivity contribution in [2.24, 2.45) is 5.73 Å². The minimum absolute atomic E-state index is 0. The zero-order chi connectivity index (χ0) is 9.68. The smallest absolute Gasteiger partial charge is 0.304 e. The number of halogens is 2. The molecule has 6 heteroatoms. The highest BCUT2D eigenvalue weighted by molar-refractivity contribution is 5.85. The van der Waals surface area contributed by atoms with Crippen molar-refractivity contribution in [1.82, 2.24) is 4.98 Å². The maximum atomic E-state index is 10.3. The van der Waals surface area contributed by atoms with Gasteiger partial charge in [-0.25, -0.2) is 0 Å². The summed E-state index contributed by atoms with van der Waals surface area (Å²) in [6, 6.07) is 3.35. The van der Waals surface area contributed by atoms with Crippen LogP contribution in [0.25, 0.3) is 0 Å². The van der Waals surface area contributed by atoms with E-state index in [2.05, 4.69) is 4.98 Å². The third kappa shape index (κ3) is 7.13. The molecule has 0 bridgehead atoms. The van der Waals surface area contributed by atoms with Crippen molar-refractivity contribution < 1.29 is 9.90 Å². The first-order valence-corrected chi connectivity index (χ1v) is 4.05. The van der Waals surface area contributed by atoms with Crippen molar-refractivity contribution in [1.29, 1.82) is 0 Å². The lowest BCUT2D eigenvalue weighted by Gasteiger charge is -2.07. The number of hydrogen-bond donors (Lipinski definition) is 2. The molecule has 86 valence electrons. The molecule has 0 aromatic carbocycles. The zero-order valence-electron chi connectivity index (χ0n) is 8.00. The van der Waals surface area contributed by atoms with Crippen molar-refractivity contribution in [3.63, 3.8) is 0 Å². The molecule has 0 aliphatic heterocycles. The van der Waals surface area contributed by atoms with Gasteiger partial charge in [-0.15, -0.1) is 24.8 Å². The van der Waals surface area contributed by atoms with Gasteiger partial charge >= 0.3 is 5.97 Å². The van der Waals surface area contributed by atoms with E-state index in [-0.39, 0.29) is 37.3 Å². The summed E-state index contributed by atoms with van der Waals surface area (Å²) in [5.41, 5.74) is 6.62. The molecule has 1 unspecified atom stereocenters. The Bertz CT molecular complexity index is 283. The van der Waals surface area contributed by atoms with E-state index in [0.717, 1.165) is 5.56 Å². The molecule has 0 spiro atoms. The van der Waals surface area contributed by atoms with Crippen LogP contribution in [0.15, 0.2) is 24.5 Å². The number of carboxylic acids is 1. The van der Waals surface area contributed by atoms with E-state index in [4.69, 9.17) is 10.8 Å². The van der Waals surface area contributed by atoms with Gasteiger partial charge in [0.2, 0.25) is 0 Å². The standard InChI is InChI=1S/C9H12N2O2.2ClH/c10-8(6-9(12)13)5-7-1-3-11-4-2-7;;/h1-4,8H,5-6,10H2,(H,12,13);2*1H. The van der Waals surface area contributed by atoms with Gasteiger partial charge in [0.05, 0.1) is 6.42 Å². The predicted molar refractivity (Wildman–Crippen MR) is 62.7 cm³/mol. The molecule has 3 N–H and O–H groups in total. The molecule has 1 aromatic heterocycles. The second-order valence-corrected chi connectivity index (χ2v) is 2.92. The van der Waals surface area contributed by atoms with Crippen LogP contribution in [0.3, 0.4) is 0 Å². The van der Waals surface area contributed by atoms with Crippen LogP contribution in [0.5, 0.6) is 0 Å². The lowest BCUT2D eigenvalue weighted by Crippen LogP contribution is -2.26. The Hall–Kier alpha value is -0.840. The summed E-state index contributed by atoms with van der Waals surface area (Å²) in [6.45, 7) is 0. The Morgan fingerprint density at radius 2 is 1.93 bits per heavy atom. The number of aromatic nitrogens is 1. The van der Waals surface area contributed by atoms with Gasteiger partial charge in [-0.1, -0.05) is 0 Å². The van der Waals surface area contributed by atoms with Gasteiger partial charge in [0.25, 0.3) is 0 Å². The quantitative estimate of drug-likeness (QED) is 0.847. The first-order valence-electron chi connectivity index (χ1n) is 4.05. The molecule has 0 fully saturated rings. The van der Waals surface area contributed by atoms with Gasteiger partial charge in [0.15, 0.2) is 0 Å². The van der Waals surface area contributed by atoms with E-state index >= 15 is 0 Å². The minimum Gasteiger partial charge on any atom is -0.481 e. The van der Waals surface area contributed by atoms with Crippen LogP contribution >= 0.6 is 24.8 Å². The second kappa shape index (κ2) is 8.47. The fraction of sp³-hybridized carbons (Fsp3) is 0.333. The maximum Gasteiger partial charge on any atom is 0.304 e. The molecule has 4 nitrogen and oxygen atoms in total. The van der Waals surface area contributed by atoms with Gasteiger partial charge < -0.3 is 10.8 Å². The van der Waals surface area contributed by atoms with Gasteiger partial charge in [-0.2, -0.15) is 0 Å². The molecule has 1 aromatic rings. The number of nitrogens with two attached hydrogens (primary N) is 1. The van der Waals surface area contributed by atoms with E-state index in [9.17, 15) is 4.79 Å². The summed E-state index contributed by atoms with van der Waals surface area (Å²) in [5, 5.41) is 8.47. The van der Waals surface area contributed by atoms with E-state index in [1.807, 2.05) is 12.1 Å². The summed E-state index contributed by atoms with van der Waals surface area (Å²) < 4.78 is 0. The molecule has 0 amide bonds. The van der Waals surface area contributed by atoms with Crippen LogP contribution in [0.1, 0.15) is 12.0 Å². The summed E-state index contributed by atoms with van der Waals surface area (Å²) in [4.78, 5) is 14.2. The van der Waals surface area contributed by atoms with Crippen LogP contribution in [0.2, 0.25) is 0 Å². The molecular weight excluding hydrogens is 239 g/mol. The lowest BCUT2D eigenvalue weighted by atomic mass is 10.1. The maximum absolute atomic E-state index is 10.3. The average Bonchev–Trinajstić information content (AvgIpc) is 2.04. The van der Waals surface area contributed by atoms with Gasteiger partial charge in [0.1, 0.15) is 0 Å². The number of hydrogen-bond acceptors (Lipinski definition) is 3. The first-order chi connectivity index (χ1) is 6.18. The topological polar surface area (TPSA) is 76.2 Å². The molecule has 0 saturated heterocycles. The zero-order valence-corrected chi connectivity index (χ0v) is 9.63. The highest BCUT2D eigenvalue weighted by atomic mass is 35.5. The SMILES string of the molecule is Cl.Cl.NC(CC(=O)O)Cc1ccncc1. The van der Waals surface area contributed by atoms with Crippen molar-refractivity contribution in [2.45, 2.75) is 18.9 Å². The molecule has 1 atom stereocenters. The fourth-order valence-electron chi connectivity index (χ4n) is 1.12. The summed E-state index contributed by atoms with van der Waals surface area (Å²) in [7, 11) is 0. The predicted octanol–water partition coefficient (Wildman–Crippen LogP) is 1.27. The number of carbonyl (C=O) groups is 1. The molecule has 0 aliphatic rings. The molecule has 15 heavy (non-hydrogen) atoms. The van der Waals surface area contributed by atoms with Crippen molar-refractivity contribution in [2.75, 3.05) is 0 Å². The van der Waals surface area contributed by atoms with Gasteiger partial charge in [-0.3, -0.25) is 9.78 Å². The minimum atomic E-state index is -0.860. The van der Waals surface area contributed by atoms with Crippen molar-refractivity contribution in [3.8, 4) is 0 Å². The van der Waals surface area contributed by atoms with E-state index in [0.29, 0.717) is 6.42 Å². The Balaban J connectivity index is 0. The first kappa shape index (κ1) is 16.6. The summed E-state index contributed by atoms with van der Waals surface area (Å²) in [6.07, 6.45) is 3.92. The Morgan fingerprint density at radius 3 is 2.40 bits per heavy atom. The number of pyridine rings is 1. The molecule has 0 saturated carbocycles. The lowest BCUT2D eigenvalue weighted by molar-refractivity contribution is -0.137. The number of nitrogens with zero attached hydrogens (tertiary/aromatic N) is 1. The van der Waals surface area contributed by atoms with Crippen LogP contribution in [0, 0.1) is 0 Å². The van der Waals surface area contributed by atoms with Crippen molar-refractivity contribution >= 4 is 30.8 Å². The van der Waals surface area contributed by atoms with E-state index in [1.165, 1.54) is 0 Å². The fourth-order valence-corrected chi connectivity index (χ4v) is 1.12.